The van der Waals surface area contributed by atoms with Crippen molar-refractivity contribution in [3.63, 3.8) is 0 Å². The fourth-order valence-electron chi connectivity index (χ4n) is 10.9. The summed E-state index contributed by atoms with van der Waals surface area (Å²) in [6.07, 6.45) is 14.6. The first kappa shape index (κ1) is 22.5. The summed E-state index contributed by atoms with van der Waals surface area (Å²) in [6, 6.07) is 0. The summed E-state index contributed by atoms with van der Waals surface area (Å²) in [5.41, 5.74) is 3.64. The molecule has 0 aromatic heterocycles. The van der Waals surface area contributed by atoms with Gasteiger partial charge in [-0.1, -0.05) is 67.0 Å². The molecule has 4 saturated carbocycles. The van der Waals surface area contributed by atoms with E-state index in [1.165, 1.54) is 51.4 Å². The standard InChI is InChI=1S/C30H50O/c1-19(2)20-11-14-27(5)17-18-29(7)21(25(20)27)9-10-23-28(6)15-13-24(31)26(3,4)22(28)12-16-30(23,29)8/h9,19-20,22-25,31H,10-18H2,1-8H3/t20-,22-,23+,24-,25?,27+,28-,29+,30+/m0/s1. The molecule has 0 bridgehead atoms. The average molecular weight is 427 g/mol. The zero-order valence-electron chi connectivity index (χ0n) is 21.9. The van der Waals surface area contributed by atoms with E-state index in [1.54, 1.807) is 0 Å². The Hall–Kier alpha value is -0.300. The quantitative estimate of drug-likeness (QED) is 0.421. The van der Waals surface area contributed by atoms with Gasteiger partial charge in [-0.25, -0.2) is 0 Å². The van der Waals surface area contributed by atoms with Gasteiger partial charge in [-0.2, -0.15) is 0 Å². The Kier molecular flexibility index (Phi) is 4.82. The smallest absolute Gasteiger partial charge is 0.0594 e. The number of aliphatic hydroxyl groups excluding tert-OH is 1. The van der Waals surface area contributed by atoms with Crippen molar-refractivity contribution in [3.05, 3.63) is 11.6 Å². The molecule has 1 heteroatoms. The Balaban J connectivity index is 1.59. The van der Waals surface area contributed by atoms with Gasteiger partial charge < -0.3 is 5.11 Å². The fourth-order valence-corrected chi connectivity index (χ4v) is 10.9. The van der Waals surface area contributed by atoms with E-state index in [0.29, 0.717) is 27.6 Å². The topological polar surface area (TPSA) is 20.2 Å². The molecule has 5 aliphatic carbocycles. The number of hydrogen-bond acceptors (Lipinski definition) is 1. The van der Waals surface area contributed by atoms with Gasteiger partial charge in [0.1, 0.15) is 0 Å². The molecule has 5 aliphatic rings. The number of hydrogen-bond donors (Lipinski definition) is 1. The van der Waals surface area contributed by atoms with Crippen molar-refractivity contribution in [1.82, 2.24) is 0 Å². The minimum atomic E-state index is -0.124. The van der Waals surface area contributed by atoms with Crippen LogP contribution in [0.25, 0.3) is 0 Å². The molecule has 0 amide bonds. The minimum Gasteiger partial charge on any atom is -0.393 e. The van der Waals surface area contributed by atoms with Gasteiger partial charge in [0.25, 0.3) is 0 Å². The molecule has 9 atom stereocenters. The van der Waals surface area contributed by atoms with Crippen LogP contribution in [-0.2, 0) is 0 Å². The van der Waals surface area contributed by atoms with E-state index in [1.807, 2.05) is 5.57 Å². The number of aliphatic hydroxyl groups is 1. The van der Waals surface area contributed by atoms with Crippen LogP contribution >= 0.6 is 0 Å². The normalized spacial score (nSPS) is 55.7. The summed E-state index contributed by atoms with van der Waals surface area (Å²) in [5.74, 6) is 3.92. The molecule has 5 rings (SSSR count). The van der Waals surface area contributed by atoms with Crippen molar-refractivity contribution in [1.29, 1.82) is 0 Å². The van der Waals surface area contributed by atoms with Crippen molar-refractivity contribution >= 4 is 0 Å². The van der Waals surface area contributed by atoms with Crippen LogP contribution in [0.15, 0.2) is 11.6 Å². The van der Waals surface area contributed by atoms with Crippen molar-refractivity contribution in [2.45, 2.75) is 119 Å². The van der Waals surface area contributed by atoms with Crippen LogP contribution in [0.3, 0.4) is 0 Å². The van der Waals surface area contributed by atoms with Crippen LogP contribution in [0, 0.1) is 56.7 Å². The fraction of sp³-hybridized carbons (Fsp3) is 0.933. The molecule has 1 unspecified atom stereocenters. The second-order valence-corrected chi connectivity index (χ2v) is 14.7. The second kappa shape index (κ2) is 6.64. The van der Waals surface area contributed by atoms with Gasteiger partial charge in [-0.3, -0.25) is 0 Å². The highest BCUT2D eigenvalue weighted by Crippen LogP contribution is 2.76. The maximum atomic E-state index is 10.9. The maximum absolute atomic E-state index is 10.9. The molecule has 0 aromatic carbocycles. The van der Waals surface area contributed by atoms with Crippen LogP contribution < -0.4 is 0 Å². The summed E-state index contributed by atoms with van der Waals surface area (Å²) < 4.78 is 0. The third kappa shape index (κ3) is 2.65. The number of allylic oxidation sites excluding steroid dienone is 2. The van der Waals surface area contributed by atoms with E-state index in [2.05, 4.69) is 61.5 Å². The molecular weight excluding hydrogens is 376 g/mol. The Morgan fingerprint density at radius 2 is 1.55 bits per heavy atom. The predicted octanol–water partition coefficient (Wildman–Crippen LogP) is 8.02. The number of fused-ring (bicyclic) bond motifs is 7. The van der Waals surface area contributed by atoms with Gasteiger partial charge >= 0.3 is 0 Å². The molecule has 0 aromatic rings. The van der Waals surface area contributed by atoms with Crippen LogP contribution in [0.2, 0.25) is 0 Å². The lowest BCUT2D eigenvalue weighted by molar-refractivity contribution is -0.201. The van der Waals surface area contributed by atoms with Crippen LogP contribution in [0.1, 0.15) is 113 Å². The van der Waals surface area contributed by atoms with E-state index in [9.17, 15) is 5.11 Å². The molecule has 1 N–H and O–H groups in total. The third-order valence-electron chi connectivity index (χ3n) is 13.1. The van der Waals surface area contributed by atoms with Gasteiger partial charge in [0.05, 0.1) is 6.10 Å². The Bertz CT molecular complexity index is 777. The first-order valence-corrected chi connectivity index (χ1v) is 13.7. The SMILES string of the molecule is CC(C)[C@@H]1CC[C@]2(C)CC[C@]3(C)C(=CC[C@@H]4[C@@]5(C)CC[C@H](O)C(C)(C)[C@@H]5CC[C@]43C)C12. The highest BCUT2D eigenvalue weighted by Gasteiger charge is 2.68. The molecule has 176 valence electrons. The molecule has 4 fully saturated rings. The Labute approximate surface area is 192 Å². The van der Waals surface area contributed by atoms with E-state index in [0.717, 1.165) is 30.1 Å². The zero-order chi connectivity index (χ0) is 22.6. The molecule has 0 saturated heterocycles. The highest BCUT2D eigenvalue weighted by atomic mass is 16.3. The monoisotopic (exact) mass is 426 g/mol. The van der Waals surface area contributed by atoms with Crippen LogP contribution in [0.4, 0.5) is 0 Å². The van der Waals surface area contributed by atoms with Gasteiger partial charge in [0.2, 0.25) is 0 Å². The average Bonchev–Trinajstić information content (AvgIpc) is 3.04. The minimum absolute atomic E-state index is 0.0541. The lowest BCUT2D eigenvalue weighted by Gasteiger charge is -2.70. The van der Waals surface area contributed by atoms with Crippen LogP contribution in [0.5, 0.6) is 0 Å². The number of rotatable bonds is 1. The molecule has 1 nitrogen and oxygen atoms in total. The summed E-state index contributed by atoms with van der Waals surface area (Å²) in [6.45, 7) is 20.4. The molecular formula is C30H50O. The lowest BCUT2D eigenvalue weighted by atomic mass is 9.34. The predicted molar refractivity (Wildman–Crippen MR) is 131 cm³/mol. The van der Waals surface area contributed by atoms with Crippen molar-refractivity contribution in [2.75, 3.05) is 0 Å². The van der Waals surface area contributed by atoms with E-state index in [4.69, 9.17) is 0 Å². The Morgan fingerprint density at radius 3 is 2.23 bits per heavy atom. The molecule has 0 spiro atoms. The molecule has 31 heavy (non-hydrogen) atoms. The first-order valence-electron chi connectivity index (χ1n) is 13.7. The summed E-state index contributed by atoms with van der Waals surface area (Å²) in [5, 5.41) is 10.9. The van der Waals surface area contributed by atoms with Gasteiger partial charge in [-0.15, -0.1) is 0 Å². The molecule has 0 aliphatic heterocycles. The van der Waals surface area contributed by atoms with Crippen molar-refractivity contribution < 1.29 is 5.11 Å². The van der Waals surface area contributed by atoms with Gasteiger partial charge in [0.15, 0.2) is 0 Å². The van der Waals surface area contributed by atoms with Gasteiger partial charge in [0, 0.05) is 0 Å². The summed E-state index contributed by atoms with van der Waals surface area (Å²) >= 11 is 0. The summed E-state index contributed by atoms with van der Waals surface area (Å²) in [7, 11) is 0. The van der Waals surface area contributed by atoms with Gasteiger partial charge in [-0.05, 0) is 114 Å². The van der Waals surface area contributed by atoms with E-state index in [-0.39, 0.29) is 11.5 Å². The highest BCUT2D eigenvalue weighted by molar-refractivity contribution is 5.34. The van der Waals surface area contributed by atoms with Crippen molar-refractivity contribution in [3.8, 4) is 0 Å². The van der Waals surface area contributed by atoms with Crippen molar-refractivity contribution in [2.24, 2.45) is 56.7 Å². The summed E-state index contributed by atoms with van der Waals surface area (Å²) in [4.78, 5) is 0. The van der Waals surface area contributed by atoms with E-state index >= 15 is 0 Å². The molecule has 0 heterocycles. The largest absolute Gasteiger partial charge is 0.393 e. The second-order valence-electron chi connectivity index (χ2n) is 14.7. The van der Waals surface area contributed by atoms with Crippen LogP contribution in [-0.4, -0.2) is 11.2 Å². The van der Waals surface area contributed by atoms with E-state index < -0.39 is 0 Å². The maximum Gasteiger partial charge on any atom is 0.0594 e. The zero-order valence-corrected chi connectivity index (χ0v) is 21.9. The lowest BCUT2D eigenvalue weighted by Crippen LogP contribution is -2.64. The first-order chi connectivity index (χ1) is 14.3. The molecule has 0 radical (unpaired) electrons. The third-order valence-corrected chi connectivity index (χ3v) is 13.1. The Morgan fingerprint density at radius 1 is 0.839 bits per heavy atom.